The minimum absolute atomic E-state index is 0.0576. The van der Waals surface area contributed by atoms with E-state index in [0.29, 0.717) is 18.7 Å². The number of benzene rings is 1. The molecule has 6 nitrogen and oxygen atoms in total. The van der Waals surface area contributed by atoms with Crippen LogP contribution < -0.4 is 5.32 Å². The predicted molar refractivity (Wildman–Crippen MR) is 106 cm³/mol. The molecule has 0 spiro atoms. The minimum atomic E-state index is -0.180. The number of rotatable bonds is 3. The van der Waals surface area contributed by atoms with Crippen LogP contribution in [-0.2, 0) is 0 Å². The van der Waals surface area contributed by atoms with Gasteiger partial charge in [0.15, 0.2) is 5.78 Å². The van der Waals surface area contributed by atoms with Crippen molar-refractivity contribution in [2.45, 2.75) is 19.8 Å². The zero-order chi connectivity index (χ0) is 18.8. The van der Waals surface area contributed by atoms with Crippen LogP contribution in [-0.4, -0.2) is 39.8 Å². The van der Waals surface area contributed by atoms with Gasteiger partial charge in [0.05, 0.1) is 15.2 Å². The lowest BCUT2D eigenvalue weighted by Crippen LogP contribution is -2.44. The second kappa shape index (κ2) is 7.44. The molecule has 0 radical (unpaired) electrons. The summed E-state index contributed by atoms with van der Waals surface area (Å²) in [6.45, 7) is 3.06. The summed E-state index contributed by atoms with van der Waals surface area (Å²) in [5.41, 5.74) is 2.29. The van der Waals surface area contributed by atoms with E-state index in [0.717, 1.165) is 33.8 Å². The van der Waals surface area contributed by atoms with Crippen LogP contribution in [0, 0.1) is 12.8 Å². The van der Waals surface area contributed by atoms with Gasteiger partial charge in [0.25, 0.3) is 0 Å². The number of carbonyl (C=O) groups is 2. The smallest absolute Gasteiger partial charge is 0.321 e. The molecule has 27 heavy (non-hydrogen) atoms. The van der Waals surface area contributed by atoms with E-state index in [1.165, 1.54) is 0 Å². The van der Waals surface area contributed by atoms with Crippen molar-refractivity contribution in [1.29, 1.82) is 0 Å². The summed E-state index contributed by atoms with van der Waals surface area (Å²) in [4.78, 5) is 35.5. The number of thiazole rings is 1. The van der Waals surface area contributed by atoms with Crippen LogP contribution in [0.1, 0.15) is 28.2 Å². The number of amides is 2. The topological polar surface area (TPSA) is 75.2 Å². The third kappa shape index (κ3) is 3.83. The van der Waals surface area contributed by atoms with Crippen molar-refractivity contribution in [1.82, 2.24) is 14.9 Å². The summed E-state index contributed by atoms with van der Waals surface area (Å²) < 4.78 is 1.05. The normalized spacial score (nSPS) is 17.1. The highest BCUT2D eigenvalue weighted by molar-refractivity contribution is 7.18. The first-order chi connectivity index (χ1) is 13.1. The molecule has 1 aliphatic rings. The molecule has 1 aliphatic heterocycles. The molecule has 7 heteroatoms. The number of Topliss-reactive ketones (excluding diaryl/α,β-unsaturated/α-hetero) is 1. The SMILES string of the molecule is Cc1nc2ccc(NC(=O)N3CCC[C@H](C(=O)c4cccnc4)C3)cc2s1. The van der Waals surface area contributed by atoms with Crippen molar-refractivity contribution >= 4 is 39.1 Å². The van der Waals surface area contributed by atoms with Crippen LogP contribution in [0.2, 0.25) is 0 Å². The van der Waals surface area contributed by atoms with E-state index in [2.05, 4.69) is 15.3 Å². The van der Waals surface area contributed by atoms with Gasteiger partial charge in [0.1, 0.15) is 0 Å². The van der Waals surface area contributed by atoms with Gasteiger partial charge in [-0.25, -0.2) is 9.78 Å². The van der Waals surface area contributed by atoms with Gasteiger partial charge in [-0.05, 0) is 50.1 Å². The molecule has 3 heterocycles. The number of carbonyl (C=O) groups excluding carboxylic acids is 2. The van der Waals surface area contributed by atoms with E-state index < -0.39 is 0 Å². The van der Waals surface area contributed by atoms with E-state index in [4.69, 9.17) is 0 Å². The summed E-state index contributed by atoms with van der Waals surface area (Å²) in [5.74, 6) is -0.123. The van der Waals surface area contributed by atoms with Crippen molar-refractivity contribution in [2.24, 2.45) is 5.92 Å². The first-order valence-electron chi connectivity index (χ1n) is 8.97. The molecule has 3 aromatic rings. The van der Waals surface area contributed by atoms with Gasteiger partial charge in [0, 0.05) is 42.7 Å². The van der Waals surface area contributed by atoms with Gasteiger partial charge in [-0.3, -0.25) is 9.78 Å². The molecular formula is C20H20N4O2S. The molecule has 0 aliphatic carbocycles. The van der Waals surface area contributed by atoms with Gasteiger partial charge >= 0.3 is 6.03 Å². The van der Waals surface area contributed by atoms with Crippen molar-refractivity contribution in [3.05, 3.63) is 53.3 Å². The van der Waals surface area contributed by atoms with Crippen molar-refractivity contribution in [2.75, 3.05) is 18.4 Å². The summed E-state index contributed by atoms with van der Waals surface area (Å²) in [6.07, 6.45) is 4.85. The van der Waals surface area contributed by atoms with Gasteiger partial charge in [0.2, 0.25) is 0 Å². The number of hydrogen-bond donors (Lipinski definition) is 1. The standard InChI is InChI=1S/C20H20N4O2S/c1-13-22-17-7-6-16(10-18(17)27-13)23-20(26)24-9-3-5-15(12-24)19(25)14-4-2-8-21-11-14/h2,4,6-8,10-11,15H,3,5,9,12H2,1H3,(H,23,26)/t15-/m0/s1. The summed E-state index contributed by atoms with van der Waals surface area (Å²) in [6, 6.07) is 9.10. The average Bonchev–Trinajstić information content (AvgIpc) is 3.07. The Morgan fingerprint density at radius 2 is 2.19 bits per heavy atom. The maximum atomic E-state index is 12.7. The van der Waals surface area contributed by atoms with Crippen molar-refractivity contribution in [3.63, 3.8) is 0 Å². The number of fused-ring (bicyclic) bond motifs is 1. The molecule has 2 aromatic heterocycles. The number of ketones is 1. The van der Waals surface area contributed by atoms with Crippen LogP contribution in [0.15, 0.2) is 42.7 Å². The number of hydrogen-bond acceptors (Lipinski definition) is 5. The number of likely N-dealkylation sites (tertiary alicyclic amines) is 1. The number of urea groups is 1. The Morgan fingerprint density at radius 3 is 3.00 bits per heavy atom. The Labute approximate surface area is 161 Å². The molecule has 138 valence electrons. The maximum Gasteiger partial charge on any atom is 0.321 e. The second-order valence-electron chi connectivity index (χ2n) is 6.74. The fourth-order valence-electron chi connectivity index (χ4n) is 3.44. The lowest BCUT2D eigenvalue weighted by atomic mass is 9.91. The molecule has 0 saturated carbocycles. The van der Waals surface area contributed by atoms with Gasteiger partial charge in [-0.15, -0.1) is 11.3 Å². The van der Waals surface area contributed by atoms with Gasteiger partial charge < -0.3 is 10.2 Å². The highest BCUT2D eigenvalue weighted by Gasteiger charge is 2.29. The van der Waals surface area contributed by atoms with E-state index in [-0.39, 0.29) is 17.7 Å². The zero-order valence-electron chi connectivity index (χ0n) is 15.0. The molecule has 2 amide bonds. The Hall–Kier alpha value is -2.80. The molecule has 4 rings (SSSR count). The number of nitrogens with zero attached hydrogens (tertiary/aromatic N) is 3. The third-order valence-corrected chi connectivity index (χ3v) is 5.71. The molecule has 1 N–H and O–H groups in total. The summed E-state index contributed by atoms with van der Waals surface area (Å²) in [5, 5.41) is 3.96. The Balaban J connectivity index is 1.44. The number of anilines is 1. The van der Waals surface area contributed by atoms with Crippen LogP contribution in [0.4, 0.5) is 10.5 Å². The minimum Gasteiger partial charge on any atom is -0.324 e. The first kappa shape index (κ1) is 17.6. The van der Waals surface area contributed by atoms with E-state index in [1.54, 1.807) is 40.8 Å². The lowest BCUT2D eigenvalue weighted by molar-refractivity contribution is 0.0851. The predicted octanol–water partition coefficient (Wildman–Crippen LogP) is 4.13. The first-order valence-corrected chi connectivity index (χ1v) is 9.79. The zero-order valence-corrected chi connectivity index (χ0v) is 15.8. The molecule has 0 unspecified atom stereocenters. The number of aromatic nitrogens is 2. The monoisotopic (exact) mass is 380 g/mol. The van der Waals surface area contributed by atoms with E-state index in [1.807, 2.05) is 25.1 Å². The summed E-state index contributed by atoms with van der Waals surface area (Å²) in [7, 11) is 0. The van der Waals surface area contributed by atoms with Gasteiger partial charge in [-0.1, -0.05) is 0 Å². The average molecular weight is 380 g/mol. The van der Waals surface area contributed by atoms with Gasteiger partial charge in [-0.2, -0.15) is 0 Å². The summed E-state index contributed by atoms with van der Waals surface area (Å²) >= 11 is 1.60. The van der Waals surface area contributed by atoms with E-state index in [9.17, 15) is 9.59 Å². The third-order valence-electron chi connectivity index (χ3n) is 4.77. The number of pyridine rings is 1. The molecule has 1 atom stereocenters. The quantitative estimate of drug-likeness (QED) is 0.694. The molecular weight excluding hydrogens is 360 g/mol. The largest absolute Gasteiger partial charge is 0.324 e. The highest BCUT2D eigenvalue weighted by Crippen LogP contribution is 2.26. The maximum absolute atomic E-state index is 12.7. The second-order valence-corrected chi connectivity index (χ2v) is 7.97. The molecule has 1 fully saturated rings. The van der Waals surface area contributed by atoms with Crippen molar-refractivity contribution < 1.29 is 9.59 Å². The number of aryl methyl sites for hydroxylation is 1. The van der Waals surface area contributed by atoms with Crippen LogP contribution >= 0.6 is 11.3 Å². The molecule has 1 saturated heterocycles. The Kier molecular flexibility index (Phi) is 4.85. The van der Waals surface area contributed by atoms with E-state index >= 15 is 0 Å². The highest BCUT2D eigenvalue weighted by atomic mass is 32.1. The Bertz CT molecular complexity index is 986. The number of piperidine rings is 1. The fraction of sp³-hybridized carbons (Fsp3) is 0.300. The number of nitrogens with one attached hydrogen (secondary N) is 1. The lowest BCUT2D eigenvalue weighted by Gasteiger charge is -2.32. The van der Waals surface area contributed by atoms with Crippen LogP contribution in [0.3, 0.4) is 0 Å². The van der Waals surface area contributed by atoms with Crippen molar-refractivity contribution in [3.8, 4) is 0 Å². The molecule has 1 aromatic carbocycles. The molecule has 0 bridgehead atoms. The fourth-order valence-corrected chi connectivity index (χ4v) is 4.31. The van der Waals surface area contributed by atoms with Crippen LogP contribution in [0.5, 0.6) is 0 Å². The van der Waals surface area contributed by atoms with Crippen LogP contribution in [0.25, 0.3) is 10.2 Å². The Morgan fingerprint density at radius 1 is 1.30 bits per heavy atom.